The fourth-order valence-electron chi connectivity index (χ4n) is 4.31. The quantitative estimate of drug-likeness (QED) is 0.704. The van der Waals surface area contributed by atoms with Crippen molar-refractivity contribution in [3.05, 3.63) is 24.3 Å². The second-order valence-electron chi connectivity index (χ2n) is 8.26. The van der Waals surface area contributed by atoms with Gasteiger partial charge in [-0.2, -0.15) is 0 Å². The van der Waals surface area contributed by atoms with Crippen LogP contribution in [0.5, 0.6) is 5.75 Å². The number of hydrogen-bond donors (Lipinski definition) is 2. The van der Waals surface area contributed by atoms with Gasteiger partial charge in [0.05, 0.1) is 6.10 Å². The van der Waals surface area contributed by atoms with Crippen LogP contribution in [0.25, 0.3) is 0 Å². The molecule has 29 heavy (non-hydrogen) atoms. The molecule has 2 aliphatic rings. The SMILES string of the molecule is CCC(CC)C(=O)N1CCC(NC(=O)Nc2ccc(OC3CCCC3)cc2)CC1. The van der Waals surface area contributed by atoms with Gasteiger partial charge in [-0.25, -0.2) is 4.79 Å². The highest BCUT2D eigenvalue weighted by atomic mass is 16.5. The number of piperidine rings is 1. The van der Waals surface area contributed by atoms with Crippen molar-refractivity contribution in [2.45, 2.75) is 77.4 Å². The van der Waals surface area contributed by atoms with Gasteiger partial charge in [-0.1, -0.05) is 13.8 Å². The molecule has 1 saturated carbocycles. The Morgan fingerprint density at radius 2 is 1.66 bits per heavy atom. The largest absolute Gasteiger partial charge is 0.490 e. The van der Waals surface area contributed by atoms with Crippen molar-refractivity contribution in [1.82, 2.24) is 10.2 Å². The Balaban J connectivity index is 1.40. The maximum Gasteiger partial charge on any atom is 0.319 e. The van der Waals surface area contributed by atoms with E-state index in [2.05, 4.69) is 24.5 Å². The lowest BCUT2D eigenvalue weighted by molar-refractivity contribution is -0.136. The predicted molar refractivity (Wildman–Crippen MR) is 115 cm³/mol. The molecule has 1 aromatic carbocycles. The molecular weight excluding hydrogens is 366 g/mol. The smallest absolute Gasteiger partial charge is 0.319 e. The van der Waals surface area contributed by atoms with Gasteiger partial charge in [0.1, 0.15) is 5.75 Å². The first kappa shape index (κ1) is 21.5. The van der Waals surface area contributed by atoms with E-state index < -0.39 is 0 Å². The molecule has 3 rings (SSSR count). The monoisotopic (exact) mass is 401 g/mol. The van der Waals surface area contributed by atoms with Gasteiger partial charge in [-0.3, -0.25) is 4.79 Å². The third-order valence-electron chi connectivity index (χ3n) is 6.19. The molecule has 0 radical (unpaired) electrons. The van der Waals surface area contributed by atoms with Crippen LogP contribution >= 0.6 is 0 Å². The zero-order valence-corrected chi connectivity index (χ0v) is 17.8. The molecule has 0 unspecified atom stereocenters. The van der Waals surface area contributed by atoms with Crippen LogP contribution in [0.15, 0.2) is 24.3 Å². The fraction of sp³-hybridized carbons (Fsp3) is 0.652. The lowest BCUT2D eigenvalue weighted by atomic mass is 9.98. The first-order valence-corrected chi connectivity index (χ1v) is 11.2. The normalized spacial score (nSPS) is 18.1. The Kier molecular flexibility index (Phi) is 7.78. The molecule has 1 aliphatic heterocycles. The molecule has 6 heteroatoms. The van der Waals surface area contributed by atoms with E-state index in [9.17, 15) is 9.59 Å². The summed E-state index contributed by atoms with van der Waals surface area (Å²) in [5.41, 5.74) is 0.752. The first-order valence-electron chi connectivity index (χ1n) is 11.2. The van der Waals surface area contributed by atoms with Crippen LogP contribution in [-0.2, 0) is 4.79 Å². The summed E-state index contributed by atoms with van der Waals surface area (Å²) < 4.78 is 5.96. The first-order chi connectivity index (χ1) is 14.1. The van der Waals surface area contributed by atoms with Gasteiger partial charge in [0.2, 0.25) is 5.91 Å². The number of benzene rings is 1. The van der Waals surface area contributed by atoms with Crippen molar-refractivity contribution in [2.24, 2.45) is 5.92 Å². The van der Waals surface area contributed by atoms with E-state index in [-0.39, 0.29) is 23.9 Å². The van der Waals surface area contributed by atoms with Gasteiger partial charge < -0.3 is 20.3 Å². The molecule has 0 bridgehead atoms. The Bertz CT molecular complexity index is 658. The number of nitrogens with one attached hydrogen (secondary N) is 2. The van der Waals surface area contributed by atoms with E-state index in [0.717, 1.165) is 50.0 Å². The fourth-order valence-corrected chi connectivity index (χ4v) is 4.31. The van der Waals surface area contributed by atoms with Crippen molar-refractivity contribution in [2.75, 3.05) is 18.4 Å². The summed E-state index contributed by atoms with van der Waals surface area (Å²) in [4.78, 5) is 26.8. The van der Waals surface area contributed by atoms with Crippen LogP contribution < -0.4 is 15.4 Å². The molecule has 0 atom stereocenters. The summed E-state index contributed by atoms with van der Waals surface area (Å²) in [7, 11) is 0. The summed E-state index contributed by atoms with van der Waals surface area (Å²) in [5.74, 6) is 1.25. The highest BCUT2D eigenvalue weighted by Crippen LogP contribution is 2.25. The molecule has 2 N–H and O–H groups in total. The number of urea groups is 1. The van der Waals surface area contributed by atoms with Gasteiger partial charge in [-0.05, 0) is 75.6 Å². The number of nitrogens with zero attached hydrogens (tertiary/aromatic N) is 1. The minimum atomic E-state index is -0.195. The topological polar surface area (TPSA) is 70.7 Å². The molecule has 6 nitrogen and oxygen atoms in total. The second-order valence-corrected chi connectivity index (χ2v) is 8.26. The molecule has 1 saturated heterocycles. The number of amides is 3. The lowest BCUT2D eigenvalue weighted by Gasteiger charge is -2.34. The lowest BCUT2D eigenvalue weighted by Crippen LogP contribution is -2.48. The average Bonchev–Trinajstić information content (AvgIpc) is 3.24. The Hall–Kier alpha value is -2.24. The third-order valence-corrected chi connectivity index (χ3v) is 6.19. The van der Waals surface area contributed by atoms with Gasteiger partial charge in [0, 0.05) is 30.7 Å². The van der Waals surface area contributed by atoms with E-state index in [0.29, 0.717) is 19.2 Å². The number of carbonyl (C=O) groups is 2. The van der Waals surface area contributed by atoms with Crippen molar-refractivity contribution < 1.29 is 14.3 Å². The van der Waals surface area contributed by atoms with Crippen LogP contribution in [0.2, 0.25) is 0 Å². The standard InChI is InChI=1S/C23H35N3O3/c1-3-17(4-2)22(27)26-15-13-19(14-16-26)25-23(28)24-18-9-11-21(12-10-18)29-20-7-5-6-8-20/h9-12,17,19-20H,3-8,13-16H2,1-2H3,(H2,24,25,28). The van der Waals surface area contributed by atoms with Gasteiger partial charge >= 0.3 is 6.03 Å². The van der Waals surface area contributed by atoms with Crippen molar-refractivity contribution in [3.63, 3.8) is 0 Å². The number of likely N-dealkylation sites (tertiary alicyclic amines) is 1. The summed E-state index contributed by atoms with van der Waals surface area (Å²) in [5, 5.41) is 5.93. The van der Waals surface area contributed by atoms with E-state index >= 15 is 0 Å². The van der Waals surface area contributed by atoms with Crippen LogP contribution in [0.1, 0.15) is 65.2 Å². The number of carbonyl (C=O) groups excluding carboxylic acids is 2. The number of rotatable bonds is 7. The van der Waals surface area contributed by atoms with Crippen LogP contribution in [-0.4, -0.2) is 42.1 Å². The van der Waals surface area contributed by atoms with Crippen LogP contribution in [0.4, 0.5) is 10.5 Å². The minimum absolute atomic E-state index is 0.103. The maximum absolute atomic E-state index is 12.5. The van der Waals surface area contributed by atoms with E-state index in [4.69, 9.17) is 4.74 Å². The number of hydrogen-bond acceptors (Lipinski definition) is 3. The predicted octanol–water partition coefficient (Wildman–Crippen LogP) is 4.56. The molecule has 3 amide bonds. The third kappa shape index (κ3) is 6.12. The minimum Gasteiger partial charge on any atom is -0.490 e. The summed E-state index contributed by atoms with van der Waals surface area (Å²) in [6, 6.07) is 7.48. The zero-order valence-electron chi connectivity index (χ0n) is 17.8. The molecule has 0 spiro atoms. The summed E-state index contributed by atoms with van der Waals surface area (Å²) >= 11 is 0. The molecule has 1 aliphatic carbocycles. The second kappa shape index (κ2) is 10.5. The Morgan fingerprint density at radius 1 is 1.03 bits per heavy atom. The number of ether oxygens (including phenoxy) is 1. The highest BCUT2D eigenvalue weighted by Gasteiger charge is 2.27. The Morgan fingerprint density at radius 3 is 2.24 bits per heavy atom. The molecule has 1 heterocycles. The molecule has 160 valence electrons. The summed E-state index contributed by atoms with van der Waals surface area (Å²) in [6.07, 6.45) is 8.46. The van der Waals surface area contributed by atoms with Crippen LogP contribution in [0, 0.1) is 5.92 Å². The van der Waals surface area contributed by atoms with E-state index in [1.165, 1.54) is 12.8 Å². The molecule has 1 aromatic rings. The zero-order chi connectivity index (χ0) is 20.6. The van der Waals surface area contributed by atoms with Crippen LogP contribution in [0.3, 0.4) is 0 Å². The number of anilines is 1. The summed E-state index contributed by atoms with van der Waals surface area (Å²) in [6.45, 7) is 5.57. The van der Waals surface area contributed by atoms with Gasteiger partial charge in [0.25, 0.3) is 0 Å². The van der Waals surface area contributed by atoms with Gasteiger partial charge in [0.15, 0.2) is 0 Å². The van der Waals surface area contributed by atoms with E-state index in [1.807, 2.05) is 29.2 Å². The maximum atomic E-state index is 12.5. The molecule has 0 aromatic heterocycles. The van der Waals surface area contributed by atoms with Gasteiger partial charge in [-0.15, -0.1) is 0 Å². The highest BCUT2D eigenvalue weighted by molar-refractivity contribution is 5.89. The Labute approximate surface area is 174 Å². The van der Waals surface area contributed by atoms with E-state index in [1.54, 1.807) is 0 Å². The average molecular weight is 402 g/mol. The van der Waals surface area contributed by atoms with Crippen molar-refractivity contribution >= 4 is 17.6 Å². The molecule has 2 fully saturated rings. The van der Waals surface area contributed by atoms with Crippen molar-refractivity contribution in [1.29, 1.82) is 0 Å². The van der Waals surface area contributed by atoms with Crippen molar-refractivity contribution in [3.8, 4) is 5.75 Å². The molecular formula is C23H35N3O3.